The van der Waals surface area contributed by atoms with E-state index in [9.17, 15) is 19.5 Å². The number of nitrogens with two attached hydrogens (primary N) is 1. The Balaban J connectivity index is 1.79. The number of hydrogen-bond donors (Lipinski definition) is 4. The van der Waals surface area contributed by atoms with Crippen LogP contribution >= 0.6 is 0 Å². The molecule has 3 rings (SSSR count). The van der Waals surface area contributed by atoms with Crippen LogP contribution in [-0.2, 0) is 27.2 Å². The first-order valence-electron chi connectivity index (χ1n) is 10.8. The second-order valence-electron chi connectivity index (χ2n) is 7.68. The standard InChI is InChI=1S/C26H27N3O4Se/c27-17-24(31)28-22(15-19-11-13-20(30)14-12-19)25(32)29-23(16-18-7-3-1-4-8-18)26(33)34-21-9-5-2-6-10-21/h1-14,22-23,30H,15-17,27H2,(H,28,31)(H,29,32)/t22-,23-/m0/s1. The molecule has 3 aromatic carbocycles. The summed E-state index contributed by atoms with van der Waals surface area (Å²) in [6.07, 6.45) is 0.532. The van der Waals surface area contributed by atoms with Crippen molar-refractivity contribution in [3.63, 3.8) is 0 Å². The molecule has 0 aliphatic heterocycles. The van der Waals surface area contributed by atoms with Gasteiger partial charge in [-0.25, -0.2) is 0 Å². The van der Waals surface area contributed by atoms with Crippen LogP contribution in [0.2, 0.25) is 0 Å². The van der Waals surface area contributed by atoms with Gasteiger partial charge in [0.2, 0.25) is 0 Å². The van der Waals surface area contributed by atoms with Gasteiger partial charge in [0.15, 0.2) is 0 Å². The summed E-state index contributed by atoms with van der Waals surface area (Å²) >= 11 is -0.485. The first-order valence-corrected chi connectivity index (χ1v) is 12.5. The molecule has 5 N–H and O–H groups in total. The molecule has 34 heavy (non-hydrogen) atoms. The number of nitrogens with one attached hydrogen (secondary N) is 2. The monoisotopic (exact) mass is 525 g/mol. The summed E-state index contributed by atoms with van der Waals surface area (Å²) in [5, 5.41) is 15.0. The van der Waals surface area contributed by atoms with E-state index in [1.54, 1.807) is 12.1 Å². The predicted octanol–water partition coefficient (Wildman–Crippen LogP) is 0.662. The minimum absolute atomic E-state index is 0.0653. The Hall–Kier alpha value is -3.45. The Morgan fingerprint density at radius 2 is 1.32 bits per heavy atom. The molecule has 0 radical (unpaired) electrons. The number of aromatic hydroxyl groups is 1. The van der Waals surface area contributed by atoms with Crippen LogP contribution in [0.15, 0.2) is 84.9 Å². The Kier molecular flexibility index (Phi) is 9.40. The molecule has 7 nitrogen and oxygen atoms in total. The van der Waals surface area contributed by atoms with Gasteiger partial charge in [-0.2, -0.15) is 0 Å². The molecule has 0 saturated heterocycles. The van der Waals surface area contributed by atoms with Crippen LogP contribution in [0.3, 0.4) is 0 Å². The van der Waals surface area contributed by atoms with Crippen molar-refractivity contribution < 1.29 is 19.5 Å². The van der Waals surface area contributed by atoms with Crippen LogP contribution in [0.4, 0.5) is 0 Å². The number of amides is 2. The molecule has 0 fully saturated rings. The van der Waals surface area contributed by atoms with Crippen molar-refractivity contribution >= 4 is 35.9 Å². The Labute approximate surface area is 204 Å². The molecule has 0 aromatic heterocycles. The van der Waals surface area contributed by atoms with Crippen LogP contribution in [0.1, 0.15) is 11.1 Å². The van der Waals surface area contributed by atoms with E-state index in [0.717, 1.165) is 15.6 Å². The minimum atomic E-state index is -0.920. The van der Waals surface area contributed by atoms with E-state index in [1.165, 1.54) is 12.1 Å². The molecule has 2 amide bonds. The number of carbonyl (C=O) groups is 3. The maximum absolute atomic E-state index is 13.3. The summed E-state index contributed by atoms with van der Waals surface area (Å²) in [6, 6.07) is 23.6. The van der Waals surface area contributed by atoms with Crippen LogP contribution in [-0.4, -0.2) is 55.2 Å². The fraction of sp³-hybridized carbons (Fsp3) is 0.192. The number of rotatable bonds is 11. The van der Waals surface area contributed by atoms with E-state index in [-0.39, 0.29) is 23.4 Å². The van der Waals surface area contributed by atoms with Gasteiger partial charge in [-0.1, -0.05) is 0 Å². The Bertz CT molecular complexity index is 1090. The maximum atomic E-state index is 13.3. The fourth-order valence-corrected chi connectivity index (χ4v) is 5.02. The van der Waals surface area contributed by atoms with Crippen LogP contribution < -0.4 is 20.8 Å². The summed E-state index contributed by atoms with van der Waals surface area (Å²) in [4.78, 5) is 38.5. The van der Waals surface area contributed by atoms with Gasteiger partial charge in [0.25, 0.3) is 0 Å². The second kappa shape index (κ2) is 12.7. The van der Waals surface area contributed by atoms with Crippen molar-refractivity contribution in [2.24, 2.45) is 5.73 Å². The Morgan fingerprint density at radius 3 is 1.94 bits per heavy atom. The number of phenolic OH excluding ortho intramolecular Hbond substituents is 1. The number of phenols is 1. The third-order valence-corrected chi connectivity index (χ3v) is 7.14. The molecule has 0 bridgehead atoms. The molecule has 8 heteroatoms. The van der Waals surface area contributed by atoms with Crippen LogP contribution in [0.5, 0.6) is 5.75 Å². The van der Waals surface area contributed by atoms with Crippen molar-refractivity contribution in [3.05, 3.63) is 96.1 Å². The van der Waals surface area contributed by atoms with Gasteiger partial charge >= 0.3 is 205 Å². The zero-order valence-corrected chi connectivity index (χ0v) is 20.2. The number of benzene rings is 3. The van der Waals surface area contributed by atoms with Gasteiger partial charge in [0.1, 0.15) is 0 Å². The Morgan fingerprint density at radius 1 is 0.765 bits per heavy atom. The van der Waals surface area contributed by atoms with Gasteiger partial charge < -0.3 is 0 Å². The first kappa shape index (κ1) is 25.2. The molecule has 0 spiro atoms. The SMILES string of the molecule is NCC(=O)N[C@@H](Cc1ccc(O)cc1)C(=O)N[C@@H](Cc1ccccc1)C(=O)[Se]c1ccccc1. The van der Waals surface area contributed by atoms with E-state index in [1.807, 2.05) is 60.7 Å². The molecule has 0 aliphatic carbocycles. The van der Waals surface area contributed by atoms with Gasteiger partial charge in [-0.3, -0.25) is 0 Å². The quantitative estimate of drug-likeness (QED) is 0.275. The number of carbonyl (C=O) groups excluding carboxylic acids is 3. The van der Waals surface area contributed by atoms with E-state index in [4.69, 9.17) is 5.73 Å². The average molecular weight is 524 g/mol. The van der Waals surface area contributed by atoms with Crippen molar-refractivity contribution in [3.8, 4) is 5.75 Å². The van der Waals surface area contributed by atoms with E-state index >= 15 is 0 Å². The molecule has 0 saturated carbocycles. The van der Waals surface area contributed by atoms with E-state index < -0.39 is 38.9 Å². The third kappa shape index (κ3) is 7.85. The van der Waals surface area contributed by atoms with Crippen LogP contribution in [0.25, 0.3) is 0 Å². The molecule has 0 heterocycles. The van der Waals surface area contributed by atoms with Gasteiger partial charge in [0, 0.05) is 0 Å². The van der Waals surface area contributed by atoms with Gasteiger partial charge in [-0.15, -0.1) is 0 Å². The molecule has 0 unspecified atom stereocenters. The third-order valence-electron chi connectivity index (χ3n) is 5.06. The topological polar surface area (TPSA) is 122 Å². The molecule has 0 aliphatic rings. The van der Waals surface area contributed by atoms with Crippen molar-refractivity contribution in [2.45, 2.75) is 24.9 Å². The van der Waals surface area contributed by atoms with Crippen molar-refractivity contribution in [2.75, 3.05) is 6.54 Å². The first-order chi connectivity index (χ1) is 16.4. The van der Waals surface area contributed by atoms with Crippen molar-refractivity contribution in [1.29, 1.82) is 0 Å². The van der Waals surface area contributed by atoms with Crippen molar-refractivity contribution in [1.82, 2.24) is 10.6 Å². The number of hydrogen-bond acceptors (Lipinski definition) is 5. The fourth-order valence-electron chi connectivity index (χ4n) is 3.32. The molecule has 176 valence electrons. The molecular formula is C26H27N3O4Se. The van der Waals surface area contributed by atoms with Gasteiger partial charge in [-0.05, 0) is 0 Å². The zero-order chi connectivity index (χ0) is 24.3. The predicted molar refractivity (Wildman–Crippen MR) is 132 cm³/mol. The average Bonchev–Trinajstić information content (AvgIpc) is 2.85. The van der Waals surface area contributed by atoms with E-state index in [2.05, 4.69) is 10.6 Å². The normalized spacial score (nSPS) is 12.4. The molecule has 2 atom stereocenters. The van der Waals surface area contributed by atoms with Crippen LogP contribution in [0, 0.1) is 0 Å². The molecule has 3 aromatic rings. The summed E-state index contributed by atoms with van der Waals surface area (Å²) in [6.45, 7) is -0.261. The molecular weight excluding hydrogens is 497 g/mol. The summed E-state index contributed by atoms with van der Waals surface area (Å²) < 4.78 is 0.855. The summed E-state index contributed by atoms with van der Waals surface area (Å²) in [5.74, 6) is -0.834. The second-order valence-corrected chi connectivity index (χ2v) is 9.94. The van der Waals surface area contributed by atoms with Gasteiger partial charge in [0.05, 0.1) is 0 Å². The summed E-state index contributed by atoms with van der Waals surface area (Å²) in [7, 11) is 0. The summed E-state index contributed by atoms with van der Waals surface area (Å²) in [5.41, 5.74) is 7.11. The van der Waals surface area contributed by atoms with E-state index in [0.29, 0.717) is 6.42 Å². The zero-order valence-electron chi connectivity index (χ0n) is 18.5.